The first kappa shape index (κ1) is 21.4. The number of halogens is 2. The van der Waals surface area contributed by atoms with Crippen molar-refractivity contribution in [3.8, 4) is 22.8 Å². The first-order chi connectivity index (χ1) is 16.1. The van der Waals surface area contributed by atoms with Gasteiger partial charge in [-0.3, -0.25) is 9.80 Å². The number of hydrogen-bond acceptors (Lipinski definition) is 7. The van der Waals surface area contributed by atoms with E-state index in [9.17, 15) is 9.50 Å². The molecule has 4 aliphatic heterocycles. The maximum Gasteiger partial charge on any atom is 0.148 e. The van der Waals surface area contributed by atoms with Gasteiger partial charge in [0.2, 0.25) is 0 Å². The van der Waals surface area contributed by atoms with Crippen molar-refractivity contribution in [3.05, 3.63) is 34.6 Å². The Hall–Kier alpha value is -2.13. The summed E-state index contributed by atoms with van der Waals surface area (Å²) in [4.78, 5) is 12.2. The van der Waals surface area contributed by atoms with Crippen LogP contribution in [0.4, 0.5) is 10.2 Å². The molecule has 1 aromatic heterocycles. The van der Waals surface area contributed by atoms with Gasteiger partial charge < -0.3 is 20.1 Å². The summed E-state index contributed by atoms with van der Waals surface area (Å²) >= 11 is 6.85. The van der Waals surface area contributed by atoms with Crippen molar-refractivity contribution in [1.29, 1.82) is 0 Å². The van der Waals surface area contributed by atoms with Crippen LogP contribution in [0.1, 0.15) is 18.4 Å². The number of benzene rings is 1. The Bertz CT molecular complexity index is 1050. The number of hydrogen-bond donors (Lipinski definition) is 2. The average molecular weight is 474 g/mol. The van der Waals surface area contributed by atoms with Gasteiger partial charge >= 0.3 is 0 Å². The summed E-state index contributed by atoms with van der Waals surface area (Å²) in [6.45, 7) is 7.79. The second-order valence-electron chi connectivity index (χ2n) is 9.46. The Labute approximate surface area is 198 Å². The van der Waals surface area contributed by atoms with Crippen molar-refractivity contribution in [2.45, 2.75) is 31.5 Å². The molecule has 0 spiro atoms. The minimum absolute atomic E-state index is 0.0262. The fraction of sp³-hybridized carbons (Fsp3) is 0.542. The Morgan fingerprint density at radius 1 is 1.15 bits per heavy atom. The Morgan fingerprint density at radius 3 is 2.94 bits per heavy atom. The van der Waals surface area contributed by atoms with E-state index in [0.29, 0.717) is 24.9 Å². The molecule has 4 aliphatic rings. The molecule has 7 nitrogen and oxygen atoms in total. The number of fused-ring (bicyclic) bond motifs is 3. The van der Waals surface area contributed by atoms with Gasteiger partial charge in [-0.15, -0.1) is 0 Å². The standard InChI is InChI=1S/C24H29ClFN5O2/c25-21-22(20-18(26)4-1-5-19(20)32)28-24(31-10-9-29-7-2-3-15(29)12-31)17-13-30-8-6-27-11-16(30)14-33-23(17)21/h1,4-5,15-16,27,32H,2-3,6-14H2/t15-,16-/m1/s1. The fourth-order valence-electron chi connectivity index (χ4n) is 5.77. The molecule has 2 aromatic rings. The molecule has 3 saturated heterocycles. The molecule has 2 atom stereocenters. The highest BCUT2D eigenvalue weighted by Gasteiger charge is 2.37. The summed E-state index contributed by atoms with van der Waals surface area (Å²) in [6.07, 6.45) is 2.41. The lowest BCUT2D eigenvalue weighted by atomic mass is 10.0. The molecular formula is C24H29ClFN5O2. The number of aromatic nitrogens is 1. The number of phenolic OH excluding ortho intramolecular Hbond substituents is 1. The summed E-state index contributed by atoms with van der Waals surface area (Å²) in [5, 5.41) is 14.2. The molecule has 1 aromatic carbocycles. The molecule has 0 saturated carbocycles. The monoisotopic (exact) mass is 473 g/mol. The van der Waals surface area contributed by atoms with Crippen LogP contribution in [-0.2, 0) is 6.54 Å². The van der Waals surface area contributed by atoms with E-state index >= 15 is 0 Å². The maximum absolute atomic E-state index is 14.9. The fourth-order valence-corrected chi connectivity index (χ4v) is 6.08. The highest BCUT2D eigenvalue weighted by molar-refractivity contribution is 6.35. The smallest absolute Gasteiger partial charge is 0.148 e. The zero-order valence-corrected chi connectivity index (χ0v) is 19.3. The van der Waals surface area contributed by atoms with Gasteiger partial charge in [-0.2, -0.15) is 0 Å². The third-order valence-electron chi connectivity index (χ3n) is 7.54. The van der Waals surface area contributed by atoms with Crippen LogP contribution in [-0.4, -0.2) is 84.4 Å². The van der Waals surface area contributed by atoms with Gasteiger partial charge in [0.1, 0.15) is 40.5 Å². The van der Waals surface area contributed by atoms with E-state index in [2.05, 4.69) is 20.0 Å². The van der Waals surface area contributed by atoms with Crippen LogP contribution in [0.3, 0.4) is 0 Å². The third-order valence-corrected chi connectivity index (χ3v) is 7.89. The number of aromatic hydroxyl groups is 1. The molecule has 0 amide bonds. The molecule has 0 unspecified atom stereocenters. The van der Waals surface area contributed by atoms with E-state index in [0.717, 1.165) is 57.2 Å². The van der Waals surface area contributed by atoms with Gasteiger partial charge in [0.25, 0.3) is 0 Å². The van der Waals surface area contributed by atoms with Crippen molar-refractivity contribution in [3.63, 3.8) is 0 Å². The average Bonchev–Trinajstić information content (AvgIpc) is 3.19. The molecule has 6 rings (SSSR count). The van der Waals surface area contributed by atoms with Crippen LogP contribution in [0.15, 0.2) is 18.2 Å². The topological polar surface area (TPSA) is 64.1 Å². The zero-order valence-electron chi connectivity index (χ0n) is 18.6. The van der Waals surface area contributed by atoms with Crippen molar-refractivity contribution >= 4 is 17.4 Å². The number of ether oxygens (including phenoxy) is 1. The summed E-state index contributed by atoms with van der Waals surface area (Å²) in [7, 11) is 0. The number of piperazine rings is 2. The summed E-state index contributed by atoms with van der Waals surface area (Å²) < 4.78 is 21.2. The minimum atomic E-state index is -0.550. The van der Waals surface area contributed by atoms with Crippen LogP contribution < -0.4 is 15.0 Å². The number of nitrogens with one attached hydrogen (secondary N) is 1. The largest absolute Gasteiger partial charge is 0.507 e. The Morgan fingerprint density at radius 2 is 2.06 bits per heavy atom. The van der Waals surface area contributed by atoms with Gasteiger partial charge in [-0.1, -0.05) is 17.7 Å². The number of anilines is 1. The second kappa shape index (κ2) is 8.58. The molecule has 2 N–H and O–H groups in total. The lowest BCUT2D eigenvalue weighted by molar-refractivity contribution is 0.120. The lowest BCUT2D eigenvalue weighted by Crippen LogP contribution is -2.52. The normalized spacial score (nSPS) is 25.7. The van der Waals surface area contributed by atoms with E-state index in [-0.39, 0.29) is 28.1 Å². The van der Waals surface area contributed by atoms with Gasteiger partial charge in [0.15, 0.2) is 0 Å². The maximum atomic E-state index is 14.9. The van der Waals surface area contributed by atoms with E-state index in [1.165, 1.54) is 31.0 Å². The molecule has 0 aliphatic carbocycles. The summed E-state index contributed by atoms with van der Waals surface area (Å²) in [5.41, 5.74) is 1.24. The minimum Gasteiger partial charge on any atom is -0.507 e. The number of nitrogens with zero attached hydrogens (tertiary/aromatic N) is 4. The van der Waals surface area contributed by atoms with E-state index in [4.69, 9.17) is 21.3 Å². The Balaban J connectivity index is 1.49. The molecule has 5 heterocycles. The second-order valence-corrected chi connectivity index (χ2v) is 9.84. The number of pyridine rings is 1. The molecule has 9 heteroatoms. The van der Waals surface area contributed by atoms with Gasteiger partial charge in [-0.05, 0) is 31.5 Å². The van der Waals surface area contributed by atoms with Crippen molar-refractivity contribution in [2.24, 2.45) is 0 Å². The Kier molecular flexibility index (Phi) is 5.57. The molecule has 33 heavy (non-hydrogen) atoms. The predicted molar refractivity (Wildman–Crippen MR) is 126 cm³/mol. The molecule has 0 bridgehead atoms. The quantitative estimate of drug-likeness (QED) is 0.695. The van der Waals surface area contributed by atoms with Crippen molar-refractivity contribution < 1.29 is 14.2 Å². The first-order valence-corrected chi connectivity index (χ1v) is 12.2. The highest BCUT2D eigenvalue weighted by Crippen LogP contribution is 2.46. The van der Waals surface area contributed by atoms with E-state index in [1.807, 2.05) is 0 Å². The molecular weight excluding hydrogens is 445 g/mol. The summed E-state index contributed by atoms with van der Waals surface area (Å²) in [6, 6.07) is 5.02. The van der Waals surface area contributed by atoms with E-state index < -0.39 is 5.82 Å². The van der Waals surface area contributed by atoms with Gasteiger partial charge in [0, 0.05) is 51.9 Å². The summed E-state index contributed by atoms with van der Waals surface area (Å²) in [5.74, 6) is 0.651. The predicted octanol–water partition coefficient (Wildman–Crippen LogP) is 2.70. The van der Waals surface area contributed by atoms with Gasteiger partial charge in [-0.25, -0.2) is 9.37 Å². The lowest BCUT2D eigenvalue weighted by Gasteiger charge is -2.39. The van der Waals surface area contributed by atoms with Crippen LogP contribution >= 0.6 is 11.6 Å². The number of rotatable bonds is 2. The van der Waals surface area contributed by atoms with Crippen LogP contribution in [0.25, 0.3) is 11.3 Å². The first-order valence-electron chi connectivity index (χ1n) is 11.9. The van der Waals surface area contributed by atoms with Crippen molar-refractivity contribution in [1.82, 2.24) is 20.1 Å². The van der Waals surface area contributed by atoms with E-state index in [1.54, 1.807) is 0 Å². The third kappa shape index (κ3) is 3.73. The zero-order chi connectivity index (χ0) is 22.5. The van der Waals surface area contributed by atoms with Crippen LogP contribution in [0.2, 0.25) is 5.02 Å². The molecule has 3 fully saturated rings. The molecule has 176 valence electrons. The number of phenols is 1. The highest BCUT2D eigenvalue weighted by atomic mass is 35.5. The SMILES string of the molecule is Oc1cccc(F)c1-c1nc(N2CCN3CCC[C@@H]3C2)c2c(c1Cl)OC[C@H]1CNCCN1C2. The van der Waals surface area contributed by atoms with Crippen LogP contribution in [0, 0.1) is 5.82 Å². The van der Waals surface area contributed by atoms with Crippen molar-refractivity contribution in [2.75, 3.05) is 57.3 Å². The van der Waals surface area contributed by atoms with Crippen LogP contribution in [0.5, 0.6) is 11.5 Å². The van der Waals surface area contributed by atoms with Gasteiger partial charge in [0.05, 0.1) is 17.2 Å². The molecule has 0 radical (unpaired) electrons.